The lowest BCUT2D eigenvalue weighted by Gasteiger charge is -2.28. The second-order valence-electron chi connectivity index (χ2n) is 15.3. The van der Waals surface area contributed by atoms with Gasteiger partial charge in [-0.25, -0.2) is 26.3 Å². The number of alkyl halides is 4. The van der Waals surface area contributed by atoms with Gasteiger partial charge in [-0.1, -0.05) is 68.4 Å². The van der Waals surface area contributed by atoms with Gasteiger partial charge in [-0.05, 0) is 80.8 Å². The van der Waals surface area contributed by atoms with Crippen molar-refractivity contribution >= 4 is 11.8 Å². The highest BCUT2D eigenvalue weighted by Crippen LogP contribution is 2.37. The van der Waals surface area contributed by atoms with Gasteiger partial charge in [0.25, 0.3) is 5.92 Å². The molecular formula is C42H48F6N6O2. The Labute approximate surface area is 324 Å². The van der Waals surface area contributed by atoms with Crippen molar-refractivity contribution in [3.8, 4) is 12.1 Å². The summed E-state index contributed by atoms with van der Waals surface area (Å²) in [5.41, 5.74) is -0.728. The summed E-state index contributed by atoms with van der Waals surface area (Å²) in [5, 5.41) is 29.4. The first-order valence-electron chi connectivity index (χ1n) is 18.6. The fourth-order valence-electron chi connectivity index (χ4n) is 6.21. The summed E-state index contributed by atoms with van der Waals surface area (Å²) in [4.78, 5) is 25.4. The van der Waals surface area contributed by atoms with Crippen LogP contribution in [0.15, 0.2) is 78.9 Å². The second-order valence-corrected chi connectivity index (χ2v) is 15.3. The second kappa shape index (κ2) is 18.4. The van der Waals surface area contributed by atoms with Gasteiger partial charge in [-0.3, -0.25) is 20.2 Å². The van der Waals surface area contributed by atoms with Gasteiger partial charge in [0.1, 0.15) is 22.7 Å². The van der Waals surface area contributed by atoms with E-state index >= 15 is 0 Å². The molecule has 300 valence electrons. The monoisotopic (exact) mass is 782 g/mol. The van der Waals surface area contributed by atoms with Gasteiger partial charge in [0.15, 0.2) is 0 Å². The zero-order chi connectivity index (χ0) is 41.3. The molecule has 0 saturated heterocycles. The topological polar surface area (TPSA) is 130 Å². The fourth-order valence-corrected chi connectivity index (χ4v) is 6.21. The Bertz CT molecular complexity index is 1850. The van der Waals surface area contributed by atoms with Crippen LogP contribution in [0.25, 0.3) is 0 Å². The molecule has 2 aliphatic carbocycles. The van der Waals surface area contributed by atoms with Gasteiger partial charge >= 0.3 is 0 Å². The van der Waals surface area contributed by atoms with E-state index in [0.717, 1.165) is 0 Å². The predicted molar refractivity (Wildman–Crippen MR) is 199 cm³/mol. The Balaban J connectivity index is 0.000000249. The van der Waals surface area contributed by atoms with Crippen molar-refractivity contribution in [2.75, 3.05) is 0 Å². The first-order valence-corrected chi connectivity index (χ1v) is 18.6. The fraction of sp³-hybridized carbons (Fsp3) is 0.476. The summed E-state index contributed by atoms with van der Waals surface area (Å²) in [6.07, 6.45) is 0.303. The molecule has 0 aromatic heterocycles. The van der Waals surface area contributed by atoms with Crippen molar-refractivity contribution < 1.29 is 35.9 Å². The van der Waals surface area contributed by atoms with Crippen molar-refractivity contribution in [3.63, 3.8) is 0 Å². The number of hydrogen-bond donors (Lipinski definition) is 4. The smallest absolute Gasteiger partial charge is 0.275 e. The molecule has 0 spiro atoms. The van der Waals surface area contributed by atoms with Crippen LogP contribution in [0.4, 0.5) is 26.3 Å². The molecule has 8 nitrogen and oxygen atoms in total. The van der Waals surface area contributed by atoms with Crippen molar-refractivity contribution in [1.29, 1.82) is 10.5 Å². The van der Waals surface area contributed by atoms with Crippen molar-refractivity contribution in [1.82, 2.24) is 21.3 Å². The molecular weight excluding hydrogens is 734 g/mol. The number of carbonyl (C=O) groups is 2. The average Bonchev–Trinajstić information content (AvgIpc) is 4.09. The number of nitrogens with zero attached hydrogens (tertiary/aromatic N) is 2. The minimum absolute atomic E-state index is 0.185. The Morgan fingerprint density at radius 2 is 1.04 bits per heavy atom. The number of benzene rings is 3. The molecule has 2 aliphatic rings. The lowest BCUT2D eigenvalue weighted by atomic mass is 9.97. The van der Waals surface area contributed by atoms with Crippen LogP contribution in [0.3, 0.4) is 0 Å². The van der Waals surface area contributed by atoms with Crippen LogP contribution in [0.5, 0.6) is 0 Å². The molecule has 0 unspecified atom stereocenters. The maximum atomic E-state index is 14.9. The van der Waals surface area contributed by atoms with Crippen LogP contribution in [0.1, 0.15) is 101 Å². The number of nitrogens with one attached hydrogen (secondary N) is 4. The van der Waals surface area contributed by atoms with E-state index in [9.17, 15) is 41.2 Å². The van der Waals surface area contributed by atoms with Crippen LogP contribution in [0, 0.1) is 40.2 Å². The first kappa shape index (κ1) is 43.8. The Hall–Kier alpha value is -4.92. The average molecular weight is 783 g/mol. The molecule has 0 aliphatic heterocycles. The molecule has 3 aromatic carbocycles. The summed E-state index contributed by atoms with van der Waals surface area (Å²) in [7, 11) is 0. The van der Waals surface area contributed by atoms with E-state index in [1.165, 1.54) is 60.7 Å². The zero-order valence-corrected chi connectivity index (χ0v) is 31.8. The SMILES string of the molecule is CC(C)CC(F)(F)C[C@H](N[C@H](C)c1ccc(F)cc1)C(=O)NC1(C#N)CC1.C[C@@H](N[C@@H](CC(F)(F)c1ccccc1)C(=O)NC1(C#N)CC1)c1ccc(F)cc1. The molecule has 56 heavy (non-hydrogen) atoms. The first-order chi connectivity index (χ1) is 26.3. The molecule has 0 heterocycles. The van der Waals surface area contributed by atoms with Gasteiger partial charge in [0.05, 0.1) is 24.2 Å². The third-order valence-corrected chi connectivity index (χ3v) is 9.79. The lowest BCUT2D eigenvalue weighted by molar-refractivity contribution is -0.128. The molecule has 2 amide bonds. The summed E-state index contributed by atoms with van der Waals surface area (Å²) in [5.74, 6) is -8.53. The molecule has 0 bridgehead atoms. The highest BCUT2D eigenvalue weighted by Gasteiger charge is 2.48. The van der Waals surface area contributed by atoms with Crippen LogP contribution in [-0.2, 0) is 15.5 Å². The highest BCUT2D eigenvalue weighted by molar-refractivity contribution is 5.84. The standard InChI is InChI=1S/C22H22F3N3O.C20H26F3N3O/c1-15(16-7-9-18(23)10-8-16)27-19(20(29)28-21(14-26)11-12-21)13-22(24,25)17-5-3-2-4-6-17;1-13(2)10-20(22,23)11-17(18(27)26-19(12-24)8-9-19)25-14(3)15-4-6-16(21)7-5-15/h2-10,15,19,27H,11-13H2,1H3,(H,28,29);4-7,13-14,17,25H,8-11H2,1-3H3,(H,26,27)/t15-,19+;14-,17+/m11/s1. The number of carbonyl (C=O) groups excluding carboxylic acids is 2. The minimum atomic E-state index is -3.25. The van der Waals surface area contributed by atoms with E-state index in [0.29, 0.717) is 36.8 Å². The molecule has 2 saturated carbocycles. The minimum Gasteiger partial charge on any atom is -0.336 e. The van der Waals surface area contributed by atoms with E-state index in [1.807, 2.05) is 12.1 Å². The summed E-state index contributed by atoms with van der Waals surface area (Å²) in [6.45, 7) is 6.84. The number of halogens is 6. The largest absolute Gasteiger partial charge is 0.336 e. The Morgan fingerprint density at radius 1 is 0.643 bits per heavy atom. The molecule has 0 radical (unpaired) electrons. The maximum absolute atomic E-state index is 14.9. The Morgan fingerprint density at radius 3 is 1.39 bits per heavy atom. The van der Waals surface area contributed by atoms with E-state index in [2.05, 4.69) is 21.3 Å². The van der Waals surface area contributed by atoms with Crippen molar-refractivity contribution in [2.24, 2.45) is 5.92 Å². The van der Waals surface area contributed by atoms with E-state index < -0.39 is 83.4 Å². The number of nitriles is 2. The highest BCUT2D eigenvalue weighted by atomic mass is 19.3. The van der Waals surface area contributed by atoms with Gasteiger partial charge in [-0.15, -0.1) is 0 Å². The van der Waals surface area contributed by atoms with Gasteiger partial charge in [0, 0.05) is 36.9 Å². The summed E-state index contributed by atoms with van der Waals surface area (Å²) in [6, 6.07) is 19.3. The predicted octanol–water partition coefficient (Wildman–Crippen LogP) is 8.29. The molecule has 3 aromatic rings. The van der Waals surface area contributed by atoms with Crippen molar-refractivity contribution in [3.05, 3.63) is 107 Å². The third kappa shape index (κ3) is 12.8. The number of hydrogen-bond acceptors (Lipinski definition) is 6. The van der Waals surface area contributed by atoms with Gasteiger partial charge < -0.3 is 10.6 Å². The number of amides is 2. The maximum Gasteiger partial charge on any atom is 0.275 e. The van der Waals surface area contributed by atoms with E-state index in [-0.39, 0.29) is 17.9 Å². The molecule has 2 fully saturated rings. The Kier molecular flexibility index (Phi) is 14.4. The van der Waals surface area contributed by atoms with Crippen LogP contribution in [0.2, 0.25) is 0 Å². The summed E-state index contributed by atoms with van der Waals surface area (Å²) < 4.78 is 84.8. The lowest BCUT2D eigenvalue weighted by Crippen LogP contribution is -2.51. The number of rotatable bonds is 17. The molecule has 4 N–H and O–H groups in total. The summed E-state index contributed by atoms with van der Waals surface area (Å²) >= 11 is 0. The van der Waals surface area contributed by atoms with Crippen LogP contribution < -0.4 is 21.3 Å². The normalized spacial score (nSPS) is 17.4. The molecule has 4 atom stereocenters. The van der Waals surface area contributed by atoms with E-state index in [1.54, 1.807) is 45.9 Å². The van der Waals surface area contributed by atoms with Crippen molar-refractivity contribution in [2.45, 2.75) is 120 Å². The molecule has 14 heteroatoms. The quantitative estimate of drug-likeness (QED) is 0.102. The van der Waals surface area contributed by atoms with E-state index in [4.69, 9.17) is 5.26 Å². The van der Waals surface area contributed by atoms with Gasteiger partial charge in [0.2, 0.25) is 17.7 Å². The molecule has 5 rings (SSSR count). The van der Waals surface area contributed by atoms with Gasteiger partial charge in [-0.2, -0.15) is 10.5 Å². The zero-order valence-electron chi connectivity index (χ0n) is 31.8. The van der Waals surface area contributed by atoms with Crippen LogP contribution in [-0.4, -0.2) is 40.9 Å². The van der Waals surface area contributed by atoms with Crippen LogP contribution >= 0.6 is 0 Å². The third-order valence-electron chi connectivity index (χ3n) is 9.79.